The van der Waals surface area contributed by atoms with Crippen molar-refractivity contribution >= 4 is 0 Å². The van der Waals surface area contributed by atoms with Crippen molar-refractivity contribution < 1.29 is 81.1 Å². The molecule has 0 bridgehead atoms. The molecule has 0 saturated heterocycles. The van der Waals surface area contributed by atoms with Crippen molar-refractivity contribution in [3.63, 3.8) is 0 Å². The molecule has 2 unspecified atom stereocenters. The van der Waals surface area contributed by atoms with Gasteiger partial charge in [0.2, 0.25) is 29.1 Å². The molecule has 3 aromatic carbocycles. The Morgan fingerprint density at radius 3 is 1.57 bits per heavy atom. The van der Waals surface area contributed by atoms with Gasteiger partial charge in [-0.05, 0) is 94.3 Å². The van der Waals surface area contributed by atoms with Gasteiger partial charge in [-0.25, -0.2) is 13.2 Å². The molecular weight excluding hydrogens is 780 g/mol. The van der Waals surface area contributed by atoms with E-state index in [-0.39, 0.29) is 32.3 Å². The molecule has 4 rings (SSSR count). The quantitative estimate of drug-likeness (QED) is 0.0836. The van der Waals surface area contributed by atoms with Crippen LogP contribution < -0.4 is 23.7 Å². The molecule has 0 radical (unpaired) electrons. The third kappa shape index (κ3) is 10.3. The van der Waals surface area contributed by atoms with Gasteiger partial charge in [0.15, 0.2) is 52.0 Å². The Kier molecular flexibility index (Phi) is 14.7. The zero-order valence-corrected chi connectivity index (χ0v) is 30.0. The topological polar surface area (TPSA) is 55.4 Å². The summed E-state index contributed by atoms with van der Waals surface area (Å²) in [5, 5.41) is 0. The third-order valence-corrected chi connectivity index (χ3v) is 8.34. The Morgan fingerprint density at radius 2 is 1.04 bits per heavy atom. The van der Waals surface area contributed by atoms with Gasteiger partial charge in [-0.15, -0.1) is 0 Å². The van der Waals surface area contributed by atoms with Gasteiger partial charge in [0, 0.05) is 0 Å². The number of hydrogen-bond acceptors (Lipinski definition) is 6. The fourth-order valence-electron chi connectivity index (χ4n) is 5.47. The molecule has 0 saturated carbocycles. The first-order valence-corrected chi connectivity index (χ1v) is 17.3. The monoisotopic (exact) mass is 816 g/mol. The van der Waals surface area contributed by atoms with Crippen LogP contribution in [0.25, 0.3) is 0 Å². The van der Waals surface area contributed by atoms with Crippen molar-refractivity contribution in [3.05, 3.63) is 100 Å². The second-order valence-electron chi connectivity index (χ2n) is 12.4. The van der Waals surface area contributed by atoms with Gasteiger partial charge >= 0.3 is 12.2 Å². The first-order chi connectivity index (χ1) is 26.4. The van der Waals surface area contributed by atoms with Crippen molar-refractivity contribution in [3.8, 4) is 28.7 Å². The van der Waals surface area contributed by atoms with Crippen LogP contribution in [-0.4, -0.2) is 32.5 Å². The van der Waals surface area contributed by atoms with Crippen LogP contribution in [0.15, 0.2) is 59.9 Å². The SMILES string of the molecule is CCOC1=CCC(C(F)(F)Oc2ccc(OCCCC(C)CCCOc3ccc(OC(F)(F)c4ccc(OCC)c(F)c4F)c(F)c3F)c(F)c2F)C(F)=C1F. The van der Waals surface area contributed by atoms with Crippen LogP contribution in [0.4, 0.5) is 52.7 Å². The van der Waals surface area contributed by atoms with Gasteiger partial charge in [0.05, 0.1) is 26.4 Å². The van der Waals surface area contributed by atoms with E-state index >= 15 is 0 Å². The van der Waals surface area contributed by atoms with Crippen molar-refractivity contribution in [1.29, 1.82) is 0 Å². The smallest absolute Gasteiger partial charge is 0.429 e. The second-order valence-corrected chi connectivity index (χ2v) is 12.4. The molecule has 1 aliphatic carbocycles. The van der Waals surface area contributed by atoms with Crippen molar-refractivity contribution in [2.45, 2.75) is 65.1 Å². The zero-order chi connectivity index (χ0) is 41.4. The van der Waals surface area contributed by atoms with E-state index in [1.807, 2.05) is 6.92 Å². The summed E-state index contributed by atoms with van der Waals surface area (Å²) in [5.74, 6) is -21.7. The molecule has 0 aromatic heterocycles. The van der Waals surface area contributed by atoms with Gasteiger partial charge < -0.3 is 28.4 Å². The lowest BCUT2D eigenvalue weighted by molar-refractivity contribution is -0.212. The number of benzene rings is 3. The molecule has 6 nitrogen and oxygen atoms in total. The molecule has 0 spiro atoms. The van der Waals surface area contributed by atoms with E-state index in [9.17, 15) is 52.7 Å². The first kappa shape index (κ1) is 43.8. The minimum Gasteiger partial charge on any atom is -0.491 e. The minimum atomic E-state index is -4.61. The van der Waals surface area contributed by atoms with Crippen molar-refractivity contribution in [1.82, 2.24) is 0 Å². The van der Waals surface area contributed by atoms with Crippen LogP contribution in [0.3, 0.4) is 0 Å². The fourth-order valence-corrected chi connectivity index (χ4v) is 5.47. The molecule has 0 N–H and O–H groups in total. The summed E-state index contributed by atoms with van der Waals surface area (Å²) in [6.45, 7) is 4.36. The second kappa shape index (κ2) is 18.8. The summed E-state index contributed by atoms with van der Waals surface area (Å²) in [7, 11) is 0. The maximum absolute atomic E-state index is 14.7. The van der Waals surface area contributed by atoms with E-state index < -0.39 is 111 Å². The zero-order valence-electron chi connectivity index (χ0n) is 30.0. The molecule has 1 aliphatic rings. The number of rotatable bonds is 20. The van der Waals surface area contributed by atoms with Crippen LogP contribution >= 0.6 is 0 Å². The van der Waals surface area contributed by atoms with Crippen LogP contribution in [0, 0.1) is 46.7 Å². The summed E-state index contributed by atoms with van der Waals surface area (Å²) in [5.41, 5.74) is -1.58. The third-order valence-electron chi connectivity index (χ3n) is 8.34. The van der Waals surface area contributed by atoms with Crippen molar-refractivity contribution in [2.75, 3.05) is 26.4 Å². The Bertz CT molecular complexity index is 1900. The molecule has 0 fully saturated rings. The molecule has 0 aliphatic heterocycles. The summed E-state index contributed by atoms with van der Waals surface area (Å²) < 4.78 is 203. The maximum Gasteiger partial charge on any atom is 0.429 e. The lowest BCUT2D eigenvalue weighted by atomic mass is 9.96. The van der Waals surface area contributed by atoms with Gasteiger partial charge in [-0.1, -0.05) is 6.92 Å². The lowest BCUT2D eigenvalue weighted by Crippen LogP contribution is -2.36. The van der Waals surface area contributed by atoms with Crippen LogP contribution in [0.2, 0.25) is 0 Å². The number of halogens is 12. The number of allylic oxidation sites excluding steroid dienone is 2. The van der Waals surface area contributed by atoms with E-state index in [2.05, 4.69) is 9.47 Å². The van der Waals surface area contributed by atoms with Gasteiger partial charge in [0.25, 0.3) is 0 Å². The van der Waals surface area contributed by atoms with E-state index in [0.717, 1.165) is 24.3 Å². The highest BCUT2D eigenvalue weighted by Gasteiger charge is 2.49. The number of alkyl halides is 4. The Morgan fingerprint density at radius 1 is 0.589 bits per heavy atom. The standard InChI is InChI=1S/C38H36F12O6/c1-4-51-23-12-10-21(29(39)31(23)41)37(47,48)55-27-16-14-25(33(43)35(27)45)53-18-6-8-20(3)9-7-19-54-26-15-17-28(36(46)34(26)44)56-38(49,50)22-11-13-24(52-5-2)32(42)30(22)40/h10,12-17,20,22H,4-9,11,18-19H2,1-3H3. The normalized spacial score (nSPS) is 15.3. The molecule has 308 valence electrons. The first-order valence-electron chi connectivity index (χ1n) is 17.3. The van der Waals surface area contributed by atoms with Crippen LogP contribution in [0.1, 0.15) is 58.4 Å². The molecule has 0 heterocycles. The molecule has 56 heavy (non-hydrogen) atoms. The number of hydrogen-bond donors (Lipinski definition) is 0. The summed E-state index contributed by atoms with van der Waals surface area (Å²) >= 11 is 0. The minimum absolute atomic E-state index is 0.0206. The highest BCUT2D eigenvalue weighted by atomic mass is 19.3. The van der Waals surface area contributed by atoms with E-state index in [4.69, 9.17) is 18.9 Å². The maximum atomic E-state index is 14.7. The van der Waals surface area contributed by atoms with Crippen LogP contribution in [0.5, 0.6) is 28.7 Å². The molecular formula is C38H36F12O6. The van der Waals surface area contributed by atoms with Crippen molar-refractivity contribution in [2.24, 2.45) is 11.8 Å². The fraction of sp³-hybridized carbons (Fsp3) is 0.421. The van der Waals surface area contributed by atoms with E-state index in [0.29, 0.717) is 43.9 Å². The lowest BCUT2D eigenvalue weighted by Gasteiger charge is -2.28. The van der Waals surface area contributed by atoms with Gasteiger partial charge in [0.1, 0.15) is 11.5 Å². The molecule has 2 atom stereocenters. The van der Waals surface area contributed by atoms with Gasteiger partial charge in [-0.2, -0.15) is 39.5 Å². The number of ether oxygens (including phenoxy) is 6. The molecule has 18 heteroatoms. The summed E-state index contributed by atoms with van der Waals surface area (Å²) in [4.78, 5) is 0. The predicted molar refractivity (Wildman–Crippen MR) is 176 cm³/mol. The Labute approximate surface area is 313 Å². The molecule has 0 amide bonds. The largest absolute Gasteiger partial charge is 0.491 e. The van der Waals surface area contributed by atoms with E-state index in [1.165, 1.54) is 13.8 Å². The highest BCUT2D eigenvalue weighted by Crippen LogP contribution is 2.44. The molecule has 3 aromatic rings. The highest BCUT2D eigenvalue weighted by molar-refractivity contribution is 5.38. The predicted octanol–water partition coefficient (Wildman–Crippen LogP) is 11.8. The van der Waals surface area contributed by atoms with Gasteiger partial charge in [-0.3, -0.25) is 0 Å². The van der Waals surface area contributed by atoms with Crippen LogP contribution in [-0.2, 0) is 10.8 Å². The summed E-state index contributed by atoms with van der Waals surface area (Å²) in [6.07, 6.45) is -7.33. The average molecular weight is 817 g/mol. The average Bonchev–Trinajstić information content (AvgIpc) is 3.14. The summed E-state index contributed by atoms with van der Waals surface area (Å²) in [6, 6.07) is 4.16. The Hall–Kier alpha value is -4.90. The van der Waals surface area contributed by atoms with E-state index in [1.54, 1.807) is 0 Å². The Balaban J connectivity index is 1.21.